The van der Waals surface area contributed by atoms with E-state index in [1.165, 1.54) is 0 Å². The van der Waals surface area contributed by atoms with Gasteiger partial charge in [-0.05, 0) is 18.8 Å². The average molecular weight is 235 g/mol. The summed E-state index contributed by atoms with van der Waals surface area (Å²) < 4.78 is 26.9. The lowest BCUT2D eigenvalue weighted by Crippen LogP contribution is -2.64. The minimum Gasteiger partial charge on any atom is -0.480 e. The van der Waals surface area contributed by atoms with E-state index in [-0.39, 0.29) is 0 Å². The summed E-state index contributed by atoms with van der Waals surface area (Å²) in [6.45, 7) is 0.603. The molecule has 0 aliphatic heterocycles. The third-order valence-corrected chi connectivity index (χ3v) is 3.58. The van der Waals surface area contributed by atoms with Crippen molar-refractivity contribution < 1.29 is 18.7 Å². The molecule has 0 bridgehead atoms. The van der Waals surface area contributed by atoms with E-state index in [0.29, 0.717) is 19.8 Å². The number of rotatable bonds is 3. The van der Waals surface area contributed by atoms with Crippen molar-refractivity contribution in [3.8, 4) is 0 Å². The number of carboxylic acid groups (broad SMARTS) is 1. The molecule has 94 valence electrons. The summed E-state index contributed by atoms with van der Waals surface area (Å²) in [6.07, 6.45) is 4.47. The lowest BCUT2D eigenvalue weighted by Gasteiger charge is -2.37. The van der Waals surface area contributed by atoms with Gasteiger partial charge in [-0.1, -0.05) is 25.7 Å². The van der Waals surface area contributed by atoms with Crippen LogP contribution in [0, 0.1) is 5.92 Å². The number of nitrogens with two attached hydrogens (primary N) is 1. The Morgan fingerprint density at radius 2 is 1.69 bits per heavy atom. The van der Waals surface area contributed by atoms with Gasteiger partial charge in [-0.3, -0.25) is 0 Å². The Labute approximate surface area is 94.0 Å². The number of hydrogen-bond acceptors (Lipinski definition) is 2. The highest BCUT2D eigenvalue weighted by atomic mass is 19.3. The molecule has 0 spiro atoms. The van der Waals surface area contributed by atoms with Crippen molar-refractivity contribution in [2.45, 2.75) is 56.9 Å². The van der Waals surface area contributed by atoms with Gasteiger partial charge in [-0.2, -0.15) is 0 Å². The molecule has 0 amide bonds. The molecule has 1 aliphatic rings. The van der Waals surface area contributed by atoms with Gasteiger partial charge in [0.15, 0.2) is 5.54 Å². The highest BCUT2D eigenvalue weighted by molar-refractivity contribution is 5.80. The molecule has 0 aromatic heterocycles. The third-order valence-electron chi connectivity index (χ3n) is 3.58. The zero-order valence-electron chi connectivity index (χ0n) is 9.51. The molecule has 1 fully saturated rings. The van der Waals surface area contributed by atoms with Crippen LogP contribution in [0.3, 0.4) is 0 Å². The molecule has 16 heavy (non-hydrogen) atoms. The molecule has 3 N–H and O–H groups in total. The molecule has 5 heteroatoms. The summed E-state index contributed by atoms with van der Waals surface area (Å²) in [5, 5.41) is 9.01. The van der Waals surface area contributed by atoms with Gasteiger partial charge in [0.25, 0.3) is 5.92 Å². The molecule has 0 aromatic rings. The maximum atomic E-state index is 13.4. The molecule has 0 aromatic carbocycles. The molecule has 1 saturated carbocycles. The first-order valence-electron chi connectivity index (χ1n) is 5.70. The van der Waals surface area contributed by atoms with E-state index < -0.39 is 23.3 Å². The van der Waals surface area contributed by atoms with E-state index in [1.807, 2.05) is 0 Å². The van der Waals surface area contributed by atoms with E-state index in [4.69, 9.17) is 10.8 Å². The monoisotopic (exact) mass is 235 g/mol. The minimum atomic E-state index is -3.39. The van der Waals surface area contributed by atoms with Gasteiger partial charge in [-0.15, -0.1) is 0 Å². The van der Waals surface area contributed by atoms with Crippen LogP contribution in [0.1, 0.15) is 45.4 Å². The van der Waals surface area contributed by atoms with Gasteiger partial charge < -0.3 is 10.8 Å². The molecular weight excluding hydrogens is 216 g/mol. The van der Waals surface area contributed by atoms with Crippen LogP contribution in [0.15, 0.2) is 0 Å². The molecule has 1 rings (SSSR count). The summed E-state index contributed by atoms with van der Waals surface area (Å²) in [5.74, 6) is -5.62. The van der Waals surface area contributed by atoms with Gasteiger partial charge >= 0.3 is 5.97 Å². The zero-order valence-corrected chi connectivity index (χ0v) is 9.51. The lowest BCUT2D eigenvalue weighted by atomic mass is 9.76. The second-order valence-electron chi connectivity index (χ2n) is 4.75. The quantitative estimate of drug-likeness (QED) is 0.738. The number of carbonyl (C=O) groups is 1. The topological polar surface area (TPSA) is 63.3 Å². The number of carboxylic acids is 1. The van der Waals surface area contributed by atoms with Crippen molar-refractivity contribution in [3.05, 3.63) is 0 Å². The Hall–Kier alpha value is -0.710. The predicted molar refractivity (Wildman–Crippen MR) is 56.4 cm³/mol. The number of hydrogen-bond donors (Lipinski definition) is 2. The van der Waals surface area contributed by atoms with Gasteiger partial charge in [0.05, 0.1) is 0 Å². The Bertz CT molecular complexity index is 257. The Kier molecular flexibility index (Phi) is 3.88. The SMILES string of the molecule is CC(F)(F)C(N)(C(=O)O)C1CCCCCC1. The Morgan fingerprint density at radius 1 is 1.25 bits per heavy atom. The summed E-state index contributed by atoms with van der Waals surface area (Å²) >= 11 is 0. The average Bonchev–Trinajstić information content (AvgIpc) is 2.42. The standard InChI is InChI=1S/C11H19F2NO2/c1-10(12,13)11(14,9(15)16)8-6-4-2-3-5-7-8/h8H,2-7,14H2,1H3,(H,15,16). The van der Waals surface area contributed by atoms with Crippen LogP contribution in [0.5, 0.6) is 0 Å². The maximum absolute atomic E-state index is 13.4. The molecule has 1 aliphatic carbocycles. The van der Waals surface area contributed by atoms with Crippen LogP contribution >= 0.6 is 0 Å². The van der Waals surface area contributed by atoms with Crippen molar-refractivity contribution in [2.24, 2.45) is 11.7 Å². The first-order valence-corrected chi connectivity index (χ1v) is 5.70. The van der Waals surface area contributed by atoms with Crippen molar-refractivity contribution in [3.63, 3.8) is 0 Å². The summed E-state index contributed by atoms with van der Waals surface area (Å²) in [6, 6.07) is 0. The van der Waals surface area contributed by atoms with Crippen LogP contribution in [-0.2, 0) is 4.79 Å². The first kappa shape index (κ1) is 13.4. The molecular formula is C11H19F2NO2. The van der Waals surface area contributed by atoms with Crippen LogP contribution in [0.4, 0.5) is 8.78 Å². The Balaban J connectivity index is 2.96. The van der Waals surface area contributed by atoms with Crippen LogP contribution in [0.2, 0.25) is 0 Å². The van der Waals surface area contributed by atoms with Gasteiger partial charge in [-0.25, -0.2) is 13.6 Å². The lowest BCUT2D eigenvalue weighted by molar-refractivity contribution is -0.166. The van der Waals surface area contributed by atoms with Crippen molar-refractivity contribution in [1.29, 1.82) is 0 Å². The summed E-state index contributed by atoms with van der Waals surface area (Å²) in [4.78, 5) is 11.1. The number of halogens is 2. The molecule has 0 heterocycles. The van der Waals surface area contributed by atoms with Crippen molar-refractivity contribution >= 4 is 5.97 Å². The van der Waals surface area contributed by atoms with E-state index in [1.54, 1.807) is 0 Å². The van der Waals surface area contributed by atoms with Gasteiger partial charge in [0.2, 0.25) is 0 Å². The van der Waals surface area contributed by atoms with Gasteiger partial charge in [0, 0.05) is 6.92 Å². The molecule has 3 nitrogen and oxygen atoms in total. The molecule has 1 atom stereocenters. The fraction of sp³-hybridized carbons (Fsp3) is 0.909. The fourth-order valence-electron chi connectivity index (χ4n) is 2.46. The van der Waals surface area contributed by atoms with E-state index in [2.05, 4.69) is 0 Å². The predicted octanol–water partition coefficient (Wildman–Crippen LogP) is 2.39. The second kappa shape index (κ2) is 4.65. The minimum absolute atomic E-state index is 0.478. The first-order chi connectivity index (χ1) is 7.30. The summed E-state index contributed by atoms with van der Waals surface area (Å²) in [5.41, 5.74) is 3.09. The van der Waals surface area contributed by atoms with Crippen LogP contribution < -0.4 is 5.73 Å². The zero-order chi connectivity index (χ0) is 12.4. The van der Waals surface area contributed by atoms with Crippen LogP contribution in [0.25, 0.3) is 0 Å². The largest absolute Gasteiger partial charge is 0.480 e. The van der Waals surface area contributed by atoms with E-state index >= 15 is 0 Å². The molecule has 1 unspecified atom stereocenters. The van der Waals surface area contributed by atoms with E-state index in [0.717, 1.165) is 25.7 Å². The third kappa shape index (κ3) is 2.34. The summed E-state index contributed by atoms with van der Waals surface area (Å²) in [7, 11) is 0. The highest BCUT2D eigenvalue weighted by Gasteiger charge is 2.57. The fourth-order valence-corrected chi connectivity index (χ4v) is 2.46. The van der Waals surface area contributed by atoms with Crippen molar-refractivity contribution in [1.82, 2.24) is 0 Å². The maximum Gasteiger partial charge on any atom is 0.330 e. The highest BCUT2D eigenvalue weighted by Crippen LogP contribution is 2.39. The number of aliphatic carboxylic acids is 1. The van der Waals surface area contributed by atoms with Crippen LogP contribution in [-0.4, -0.2) is 22.5 Å². The van der Waals surface area contributed by atoms with E-state index in [9.17, 15) is 13.6 Å². The van der Waals surface area contributed by atoms with Crippen molar-refractivity contribution in [2.75, 3.05) is 0 Å². The second-order valence-corrected chi connectivity index (χ2v) is 4.75. The normalized spacial score (nSPS) is 23.5. The molecule has 0 saturated heterocycles. The Morgan fingerprint density at radius 3 is 2.00 bits per heavy atom. The van der Waals surface area contributed by atoms with Gasteiger partial charge in [0.1, 0.15) is 0 Å². The number of alkyl halides is 2. The smallest absolute Gasteiger partial charge is 0.330 e. The molecule has 0 radical (unpaired) electrons.